The second kappa shape index (κ2) is 8.96. The highest BCUT2D eigenvalue weighted by Gasteiger charge is 2.32. The van der Waals surface area contributed by atoms with Crippen molar-refractivity contribution in [2.75, 3.05) is 19.6 Å². The minimum atomic E-state index is -0.590. The number of allylic oxidation sites excluding steroid dienone is 1. The molecule has 0 aliphatic carbocycles. The molecule has 1 saturated heterocycles. The quantitative estimate of drug-likeness (QED) is 0.459. The maximum Gasteiger partial charge on any atom is 0.410 e. The summed E-state index contributed by atoms with van der Waals surface area (Å²) < 4.78 is 5.28. The molecule has 1 aliphatic rings. The van der Waals surface area contributed by atoms with Crippen LogP contribution in [0.1, 0.15) is 41.0 Å². The highest BCUT2D eigenvalue weighted by molar-refractivity contribution is 8.14. The van der Waals surface area contributed by atoms with E-state index in [-0.39, 0.29) is 23.0 Å². The number of amidine groups is 1. The van der Waals surface area contributed by atoms with E-state index in [1.807, 2.05) is 26.1 Å². The van der Waals surface area contributed by atoms with Crippen LogP contribution in [-0.4, -0.2) is 57.6 Å². The van der Waals surface area contributed by atoms with Crippen LogP contribution in [0, 0.1) is 5.41 Å². The van der Waals surface area contributed by atoms with Crippen LogP contribution in [-0.2, 0) is 9.53 Å². The van der Waals surface area contributed by atoms with Crippen LogP contribution < -0.4 is 5.32 Å². The number of hydrogen-bond donors (Lipinski definition) is 2. The monoisotopic (exact) mass is 356 g/mol. The molecule has 7 nitrogen and oxygen atoms in total. The normalized spacial score (nSPS) is 17.1. The lowest BCUT2D eigenvalue weighted by molar-refractivity contribution is -0.131. The van der Waals surface area contributed by atoms with E-state index in [1.54, 1.807) is 20.8 Å². The molecular formula is C16H28N4O3S. The van der Waals surface area contributed by atoms with Crippen molar-refractivity contribution in [3.8, 4) is 0 Å². The first kappa shape index (κ1) is 20.3. The highest BCUT2D eigenvalue weighted by atomic mass is 32.2. The molecule has 1 rings (SSSR count). The molecular weight excluding hydrogens is 328 g/mol. The van der Waals surface area contributed by atoms with Gasteiger partial charge in [-0.1, -0.05) is 24.8 Å². The van der Waals surface area contributed by atoms with Gasteiger partial charge >= 0.3 is 6.09 Å². The van der Waals surface area contributed by atoms with Crippen molar-refractivity contribution in [1.29, 1.82) is 5.41 Å². The van der Waals surface area contributed by atoms with E-state index in [9.17, 15) is 9.59 Å². The van der Waals surface area contributed by atoms with Crippen molar-refractivity contribution in [1.82, 2.24) is 15.1 Å². The maximum absolute atomic E-state index is 12.2. The summed E-state index contributed by atoms with van der Waals surface area (Å²) in [5.74, 6) is -0.263. The van der Waals surface area contributed by atoms with Crippen LogP contribution in [0.25, 0.3) is 0 Å². The zero-order valence-electron chi connectivity index (χ0n) is 15.1. The topological polar surface area (TPSA) is 85.7 Å². The number of ether oxygens (including phenoxy) is 1. The molecule has 136 valence electrons. The van der Waals surface area contributed by atoms with E-state index in [0.717, 1.165) is 6.42 Å². The molecule has 0 aromatic rings. The van der Waals surface area contributed by atoms with E-state index in [4.69, 9.17) is 10.1 Å². The number of carbonyl (C=O) groups excluding carboxylic acids is 2. The van der Waals surface area contributed by atoms with Crippen LogP contribution in [0.4, 0.5) is 4.79 Å². The molecule has 0 saturated carbocycles. The van der Waals surface area contributed by atoms with Crippen LogP contribution in [0.3, 0.4) is 0 Å². The number of hydrogen-bond acceptors (Lipinski definition) is 6. The van der Waals surface area contributed by atoms with Gasteiger partial charge in [0.05, 0.1) is 5.37 Å². The fourth-order valence-corrected chi connectivity index (χ4v) is 2.76. The van der Waals surface area contributed by atoms with Crippen molar-refractivity contribution in [2.45, 2.75) is 52.0 Å². The number of rotatable bonds is 4. The first-order chi connectivity index (χ1) is 11.1. The molecule has 0 spiro atoms. The van der Waals surface area contributed by atoms with E-state index >= 15 is 0 Å². The molecule has 0 radical (unpaired) electrons. The van der Waals surface area contributed by atoms with Crippen LogP contribution in [0.15, 0.2) is 12.3 Å². The second-order valence-electron chi connectivity index (χ2n) is 6.49. The molecule has 24 heavy (non-hydrogen) atoms. The van der Waals surface area contributed by atoms with E-state index < -0.39 is 11.7 Å². The maximum atomic E-state index is 12.2. The first-order valence-corrected chi connectivity index (χ1v) is 8.96. The van der Waals surface area contributed by atoms with Gasteiger partial charge < -0.3 is 10.1 Å². The minimum absolute atomic E-state index is 0.0167. The summed E-state index contributed by atoms with van der Waals surface area (Å²) in [6.07, 6.45) is 4.29. The van der Waals surface area contributed by atoms with Crippen molar-refractivity contribution >= 4 is 28.9 Å². The lowest BCUT2D eigenvalue weighted by atomic mass is 10.2. The summed E-state index contributed by atoms with van der Waals surface area (Å²) in [5, 5.41) is 11.4. The Morgan fingerprint density at radius 3 is 2.67 bits per heavy atom. The summed E-state index contributed by atoms with van der Waals surface area (Å²) in [7, 11) is 0. The number of nitrogens with zero attached hydrogens (tertiary/aromatic N) is 2. The summed E-state index contributed by atoms with van der Waals surface area (Å²) >= 11 is 1.27. The molecule has 1 fully saturated rings. The molecule has 0 aromatic carbocycles. The Kier molecular flexibility index (Phi) is 7.59. The Balaban J connectivity index is 2.51. The number of carbonyl (C=O) groups is 2. The van der Waals surface area contributed by atoms with Gasteiger partial charge in [-0.25, -0.2) is 4.79 Å². The number of piperazine rings is 1. The molecule has 2 amide bonds. The third-order valence-electron chi connectivity index (χ3n) is 3.09. The Hall–Kier alpha value is -1.70. The lowest BCUT2D eigenvalue weighted by Crippen LogP contribution is -2.54. The highest BCUT2D eigenvalue weighted by Crippen LogP contribution is 2.17. The van der Waals surface area contributed by atoms with E-state index in [0.29, 0.717) is 13.1 Å². The molecule has 1 aliphatic heterocycles. The fourth-order valence-electron chi connectivity index (χ4n) is 1.96. The van der Waals surface area contributed by atoms with Crippen molar-refractivity contribution < 1.29 is 14.3 Å². The smallest absolute Gasteiger partial charge is 0.410 e. The Morgan fingerprint density at radius 1 is 1.46 bits per heavy atom. The molecule has 8 heteroatoms. The third kappa shape index (κ3) is 6.82. The predicted octanol–water partition coefficient (Wildman–Crippen LogP) is 2.59. The van der Waals surface area contributed by atoms with E-state index in [1.165, 1.54) is 21.6 Å². The Morgan fingerprint density at radius 2 is 2.12 bits per heavy atom. The molecule has 1 heterocycles. The van der Waals surface area contributed by atoms with Crippen molar-refractivity contribution in [3.63, 3.8) is 0 Å². The van der Waals surface area contributed by atoms with Gasteiger partial charge in [0, 0.05) is 13.1 Å². The zero-order valence-corrected chi connectivity index (χ0v) is 15.9. The summed E-state index contributed by atoms with van der Waals surface area (Å²) in [5.41, 5.74) is -0.590. The summed E-state index contributed by atoms with van der Waals surface area (Å²) in [6.45, 7) is 9.95. The van der Waals surface area contributed by atoms with E-state index in [2.05, 4.69) is 5.32 Å². The van der Waals surface area contributed by atoms with Gasteiger partial charge in [0.2, 0.25) is 5.91 Å². The largest absolute Gasteiger partial charge is 0.444 e. The van der Waals surface area contributed by atoms with Crippen LogP contribution in [0.5, 0.6) is 0 Å². The zero-order chi connectivity index (χ0) is 18.3. The lowest BCUT2D eigenvalue weighted by Gasteiger charge is -2.35. The third-order valence-corrected chi connectivity index (χ3v) is 4.02. The molecule has 0 aromatic heterocycles. The standard InChI is InChI=1S/C16H28N4O3S/c1-6-7-8-18-12(2)24-14(17)20-10-9-19(11-13(20)21)15(22)23-16(3,4)5/h7-8,12,17-18H,6,9-11H2,1-5H3/b8-7-,17-14?. The fraction of sp³-hybridized carbons (Fsp3) is 0.688. The minimum Gasteiger partial charge on any atom is -0.444 e. The SMILES string of the molecule is CC/C=C\NC(C)SC(=N)N1CCN(C(=O)OC(C)(C)C)CC1=O. The van der Waals surface area contributed by atoms with Gasteiger partial charge in [-0.2, -0.15) is 0 Å². The molecule has 2 N–H and O–H groups in total. The molecule has 0 bridgehead atoms. The van der Waals surface area contributed by atoms with Crippen molar-refractivity contribution in [2.24, 2.45) is 0 Å². The predicted molar refractivity (Wildman–Crippen MR) is 96.9 cm³/mol. The average Bonchev–Trinajstić information content (AvgIpc) is 2.45. The number of nitrogens with one attached hydrogen (secondary N) is 2. The first-order valence-electron chi connectivity index (χ1n) is 8.08. The van der Waals surface area contributed by atoms with Crippen molar-refractivity contribution in [3.05, 3.63) is 12.3 Å². The number of thioether (sulfide) groups is 1. The summed E-state index contributed by atoms with van der Waals surface area (Å²) in [4.78, 5) is 27.1. The Labute approximate surface area is 148 Å². The second-order valence-corrected chi connectivity index (χ2v) is 7.82. The van der Waals surface area contributed by atoms with Gasteiger partial charge in [0.15, 0.2) is 5.17 Å². The number of amides is 2. The molecule has 1 atom stereocenters. The van der Waals surface area contributed by atoms with Gasteiger partial charge in [-0.3, -0.25) is 20.0 Å². The van der Waals surface area contributed by atoms with Gasteiger partial charge in [0.1, 0.15) is 12.1 Å². The van der Waals surface area contributed by atoms with Crippen LogP contribution >= 0.6 is 11.8 Å². The Bertz CT molecular complexity index is 502. The van der Waals surface area contributed by atoms with Gasteiger partial charge in [0.25, 0.3) is 0 Å². The molecule has 1 unspecified atom stereocenters. The summed E-state index contributed by atoms with van der Waals surface area (Å²) in [6, 6.07) is 0. The van der Waals surface area contributed by atoms with Crippen LogP contribution in [0.2, 0.25) is 0 Å². The average molecular weight is 356 g/mol. The van der Waals surface area contributed by atoms with Gasteiger partial charge in [-0.15, -0.1) is 0 Å². The van der Waals surface area contributed by atoms with Gasteiger partial charge in [-0.05, 0) is 40.3 Å².